The first-order valence-electron chi connectivity index (χ1n) is 2.38. The Kier molecular flexibility index (Phi) is 2.85. The molecule has 0 saturated heterocycles. The third-order valence-corrected chi connectivity index (χ3v) is 0.519. The van der Waals surface area contributed by atoms with Gasteiger partial charge in [-0.05, 0) is 0 Å². The van der Waals surface area contributed by atoms with Gasteiger partial charge in [-0.15, -0.1) is 0 Å². The Morgan fingerprint density at radius 3 is 2.09 bits per heavy atom. The van der Waals surface area contributed by atoms with Crippen molar-refractivity contribution in [3.05, 3.63) is 0 Å². The Hall–Kier alpha value is -1.27. The zero-order valence-corrected chi connectivity index (χ0v) is 5.36. The van der Waals surface area contributed by atoms with Crippen LogP contribution in [0, 0.1) is 0 Å². The zero-order chi connectivity index (χ0) is 9.07. The SMILES string of the molecule is CC(=O)NOC(=O)C(F)(F)F. The second kappa shape index (κ2) is 3.22. The lowest BCUT2D eigenvalue weighted by atomic mass is 10.7. The second-order valence-corrected chi connectivity index (χ2v) is 1.55. The van der Waals surface area contributed by atoms with Gasteiger partial charge in [0.2, 0.25) is 5.91 Å². The molecule has 0 aromatic heterocycles. The molecule has 0 spiro atoms. The summed E-state index contributed by atoms with van der Waals surface area (Å²) < 4.78 is 33.8. The summed E-state index contributed by atoms with van der Waals surface area (Å²) in [5.74, 6) is -3.34. The van der Waals surface area contributed by atoms with Crippen molar-refractivity contribution in [2.24, 2.45) is 0 Å². The van der Waals surface area contributed by atoms with Crippen molar-refractivity contribution in [1.29, 1.82) is 0 Å². The Bertz CT molecular complexity index is 176. The third kappa shape index (κ3) is 4.18. The number of halogens is 3. The molecule has 7 heteroatoms. The van der Waals surface area contributed by atoms with Gasteiger partial charge in [-0.2, -0.15) is 18.7 Å². The van der Waals surface area contributed by atoms with E-state index in [1.54, 1.807) is 0 Å². The van der Waals surface area contributed by atoms with Gasteiger partial charge in [-0.3, -0.25) is 4.79 Å². The van der Waals surface area contributed by atoms with Crippen molar-refractivity contribution in [2.45, 2.75) is 13.1 Å². The smallest absolute Gasteiger partial charge is 0.332 e. The van der Waals surface area contributed by atoms with Crippen LogP contribution in [0.25, 0.3) is 0 Å². The molecule has 0 saturated carbocycles. The molecule has 4 nitrogen and oxygen atoms in total. The van der Waals surface area contributed by atoms with Crippen LogP contribution in [0.4, 0.5) is 13.2 Å². The van der Waals surface area contributed by atoms with Gasteiger partial charge in [0.15, 0.2) is 0 Å². The minimum absolute atomic E-state index is 0.886. The van der Waals surface area contributed by atoms with Gasteiger partial charge >= 0.3 is 12.1 Å². The number of hydrogen-bond acceptors (Lipinski definition) is 3. The van der Waals surface area contributed by atoms with Crippen molar-refractivity contribution >= 4 is 11.9 Å². The minimum Gasteiger partial charge on any atom is -0.332 e. The molecule has 0 radical (unpaired) electrons. The van der Waals surface area contributed by atoms with Gasteiger partial charge < -0.3 is 4.84 Å². The van der Waals surface area contributed by atoms with Crippen LogP contribution in [0.15, 0.2) is 0 Å². The maximum atomic E-state index is 11.3. The van der Waals surface area contributed by atoms with Crippen LogP contribution in [0.3, 0.4) is 0 Å². The molecule has 1 N–H and O–H groups in total. The highest BCUT2D eigenvalue weighted by atomic mass is 19.4. The number of alkyl halides is 3. The van der Waals surface area contributed by atoms with Crippen LogP contribution in [-0.2, 0) is 14.4 Å². The molecular weight excluding hydrogens is 167 g/mol. The molecule has 11 heavy (non-hydrogen) atoms. The highest BCUT2D eigenvalue weighted by Crippen LogP contribution is 2.15. The predicted octanol–water partition coefficient (Wildman–Crippen LogP) is 0.143. The Morgan fingerprint density at radius 2 is 1.82 bits per heavy atom. The van der Waals surface area contributed by atoms with Crippen molar-refractivity contribution in [3.63, 3.8) is 0 Å². The van der Waals surface area contributed by atoms with Crippen LogP contribution in [0.5, 0.6) is 0 Å². The fourth-order valence-electron chi connectivity index (χ4n) is 0.176. The highest BCUT2D eigenvalue weighted by Gasteiger charge is 2.41. The van der Waals surface area contributed by atoms with Crippen LogP contribution in [0.2, 0.25) is 0 Å². The van der Waals surface area contributed by atoms with E-state index in [1.807, 2.05) is 0 Å². The predicted molar refractivity (Wildman–Crippen MR) is 26.0 cm³/mol. The Balaban J connectivity index is 3.80. The largest absolute Gasteiger partial charge is 0.493 e. The third-order valence-electron chi connectivity index (χ3n) is 0.519. The fourth-order valence-corrected chi connectivity index (χ4v) is 0.176. The van der Waals surface area contributed by atoms with E-state index in [2.05, 4.69) is 4.84 Å². The molecule has 0 aliphatic heterocycles. The average molecular weight is 171 g/mol. The molecule has 0 aliphatic rings. The molecule has 64 valence electrons. The van der Waals surface area contributed by atoms with Gasteiger partial charge in [-0.25, -0.2) is 4.79 Å². The summed E-state index contributed by atoms with van der Waals surface area (Å²) in [6.45, 7) is 0.906. The van der Waals surface area contributed by atoms with E-state index < -0.39 is 18.1 Å². The van der Waals surface area contributed by atoms with Crippen molar-refractivity contribution in [1.82, 2.24) is 5.48 Å². The number of nitrogens with one attached hydrogen (secondary N) is 1. The molecule has 0 fully saturated rings. The first-order valence-corrected chi connectivity index (χ1v) is 2.38. The molecule has 0 unspecified atom stereocenters. The molecular formula is C4H4F3NO3. The minimum atomic E-state index is -5.08. The van der Waals surface area contributed by atoms with Crippen molar-refractivity contribution in [3.8, 4) is 0 Å². The van der Waals surface area contributed by atoms with Crippen LogP contribution >= 0.6 is 0 Å². The molecule has 0 rings (SSSR count). The van der Waals surface area contributed by atoms with Crippen LogP contribution in [-0.4, -0.2) is 18.1 Å². The lowest BCUT2D eigenvalue weighted by Crippen LogP contribution is -2.33. The number of hydrogen-bond donors (Lipinski definition) is 1. The van der Waals surface area contributed by atoms with Crippen LogP contribution < -0.4 is 5.48 Å². The van der Waals surface area contributed by atoms with Gasteiger partial charge in [0.25, 0.3) is 0 Å². The monoisotopic (exact) mass is 171 g/mol. The first kappa shape index (κ1) is 9.73. The Morgan fingerprint density at radius 1 is 1.36 bits per heavy atom. The van der Waals surface area contributed by atoms with Gasteiger partial charge in [-0.1, -0.05) is 0 Å². The number of amides is 1. The van der Waals surface area contributed by atoms with E-state index in [0.717, 1.165) is 6.92 Å². The molecule has 0 atom stereocenters. The summed E-state index contributed by atoms with van der Waals surface area (Å²) in [5.41, 5.74) is 1.24. The number of rotatable bonds is 0. The number of carbonyl (C=O) groups is 2. The van der Waals surface area contributed by atoms with E-state index >= 15 is 0 Å². The average Bonchev–Trinajstić information content (AvgIpc) is 1.80. The van der Waals surface area contributed by atoms with E-state index in [1.165, 1.54) is 5.48 Å². The maximum absolute atomic E-state index is 11.3. The fraction of sp³-hybridized carbons (Fsp3) is 0.500. The molecule has 1 amide bonds. The van der Waals surface area contributed by atoms with Crippen LogP contribution in [0.1, 0.15) is 6.92 Å². The second-order valence-electron chi connectivity index (χ2n) is 1.55. The summed E-state index contributed by atoms with van der Waals surface area (Å²) in [5, 5.41) is 0. The van der Waals surface area contributed by atoms with Gasteiger partial charge in [0.1, 0.15) is 0 Å². The molecule has 0 bridgehead atoms. The topological polar surface area (TPSA) is 55.4 Å². The maximum Gasteiger partial charge on any atom is 0.493 e. The summed E-state index contributed by atoms with van der Waals surface area (Å²) >= 11 is 0. The summed E-state index contributed by atoms with van der Waals surface area (Å²) in [6.07, 6.45) is -5.08. The highest BCUT2D eigenvalue weighted by molar-refractivity contribution is 5.78. The van der Waals surface area contributed by atoms with Crippen molar-refractivity contribution < 1.29 is 27.6 Å². The van der Waals surface area contributed by atoms with E-state index in [4.69, 9.17) is 0 Å². The van der Waals surface area contributed by atoms with E-state index in [-0.39, 0.29) is 0 Å². The molecule has 0 aromatic carbocycles. The summed E-state index contributed by atoms with van der Waals surface area (Å²) in [4.78, 5) is 23.0. The molecule has 0 aromatic rings. The number of hydroxylamine groups is 1. The zero-order valence-electron chi connectivity index (χ0n) is 5.36. The quantitative estimate of drug-likeness (QED) is 0.527. The molecule has 0 aliphatic carbocycles. The lowest BCUT2D eigenvalue weighted by Gasteiger charge is -2.04. The lowest BCUT2D eigenvalue weighted by molar-refractivity contribution is -0.207. The number of carbonyl (C=O) groups excluding carboxylic acids is 2. The van der Waals surface area contributed by atoms with Crippen molar-refractivity contribution in [2.75, 3.05) is 0 Å². The normalized spacial score (nSPS) is 10.5. The van der Waals surface area contributed by atoms with E-state index in [9.17, 15) is 22.8 Å². The van der Waals surface area contributed by atoms with Gasteiger partial charge in [0.05, 0.1) is 0 Å². The van der Waals surface area contributed by atoms with E-state index in [0.29, 0.717) is 0 Å². The standard InChI is InChI=1S/C4H4F3NO3/c1-2(9)8-11-3(10)4(5,6)7/h1H3,(H,8,9). The first-order chi connectivity index (χ1) is 4.84. The molecule has 0 heterocycles. The van der Waals surface area contributed by atoms with Gasteiger partial charge in [0, 0.05) is 6.92 Å². The Labute approximate surface area is 59.3 Å². The summed E-state index contributed by atoms with van der Waals surface area (Å²) in [7, 11) is 0. The summed E-state index contributed by atoms with van der Waals surface area (Å²) in [6, 6.07) is 0.